The molecule has 0 spiro atoms. The molecule has 2 aliphatic rings. The topological polar surface area (TPSA) is 74.0 Å². The standard InChI is InChI=1S/C20H29N7O/c1-24(2)18-17(21)19(26-12-14-28-15-13-26)23-20(22-18)27-10-8-25(9-11-27)16-6-4-3-5-7-16/h3-7H,8-15,21H2,1-2H3. The summed E-state index contributed by atoms with van der Waals surface area (Å²) < 4.78 is 5.49. The molecule has 0 unspecified atom stereocenters. The summed E-state index contributed by atoms with van der Waals surface area (Å²) in [5.41, 5.74) is 8.34. The molecule has 0 aliphatic carbocycles. The predicted molar refractivity (Wildman–Crippen MR) is 115 cm³/mol. The van der Waals surface area contributed by atoms with Crippen LogP contribution in [0.15, 0.2) is 30.3 Å². The van der Waals surface area contributed by atoms with Gasteiger partial charge in [-0.15, -0.1) is 0 Å². The highest BCUT2D eigenvalue weighted by Crippen LogP contribution is 2.32. The molecule has 4 rings (SSSR count). The Kier molecular flexibility index (Phi) is 5.38. The second-order valence-electron chi connectivity index (χ2n) is 7.39. The number of nitrogen functional groups attached to an aromatic ring is 1. The third-order valence-corrected chi connectivity index (χ3v) is 5.31. The highest BCUT2D eigenvalue weighted by atomic mass is 16.5. The largest absolute Gasteiger partial charge is 0.393 e. The van der Waals surface area contributed by atoms with Crippen LogP contribution in [-0.4, -0.2) is 76.5 Å². The van der Waals surface area contributed by atoms with Crippen molar-refractivity contribution in [3.05, 3.63) is 30.3 Å². The maximum absolute atomic E-state index is 6.44. The first-order chi connectivity index (χ1) is 13.6. The van der Waals surface area contributed by atoms with Crippen LogP contribution in [0.3, 0.4) is 0 Å². The molecule has 0 bridgehead atoms. The van der Waals surface area contributed by atoms with Gasteiger partial charge in [0.25, 0.3) is 0 Å². The number of morpholine rings is 1. The Bertz CT molecular complexity index is 785. The fourth-order valence-corrected chi connectivity index (χ4v) is 3.74. The van der Waals surface area contributed by atoms with Gasteiger partial charge in [0.1, 0.15) is 5.69 Å². The van der Waals surface area contributed by atoms with Crippen LogP contribution in [0.25, 0.3) is 0 Å². The van der Waals surface area contributed by atoms with Gasteiger partial charge < -0.3 is 30.1 Å². The molecule has 2 fully saturated rings. The summed E-state index contributed by atoms with van der Waals surface area (Å²) >= 11 is 0. The SMILES string of the molecule is CN(C)c1nc(N2CCN(c3ccccc3)CC2)nc(N2CCOCC2)c1N. The van der Waals surface area contributed by atoms with E-state index < -0.39 is 0 Å². The number of anilines is 5. The van der Waals surface area contributed by atoms with E-state index in [0.29, 0.717) is 18.9 Å². The van der Waals surface area contributed by atoms with Crippen molar-refractivity contribution in [2.45, 2.75) is 0 Å². The van der Waals surface area contributed by atoms with Crippen LogP contribution in [0.4, 0.5) is 29.0 Å². The van der Waals surface area contributed by atoms with E-state index in [0.717, 1.165) is 56.9 Å². The molecule has 2 saturated heterocycles. The van der Waals surface area contributed by atoms with Crippen molar-refractivity contribution in [1.82, 2.24) is 9.97 Å². The average molecular weight is 384 g/mol. The molecular weight excluding hydrogens is 354 g/mol. The molecule has 8 nitrogen and oxygen atoms in total. The molecular formula is C20H29N7O. The van der Waals surface area contributed by atoms with E-state index in [9.17, 15) is 0 Å². The molecule has 2 aromatic rings. The Morgan fingerprint density at radius 1 is 0.857 bits per heavy atom. The smallest absolute Gasteiger partial charge is 0.229 e. The minimum absolute atomic E-state index is 0.638. The number of piperazine rings is 1. The Hall–Kier alpha value is -2.74. The van der Waals surface area contributed by atoms with Gasteiger partial charge in [0.15, 0.2) is 11.6 Å². The fraction of sp³-hybridized carbons (Fsp3) is 0.500. The summed E-state index contributed by atoms with van der Waals surface area (Å²) in [5, 5.41) is 0. The number of aromatic nitrogens is 2. The normalized spacial score (nSPS) is 17.7. The third kappa shape index (κ3) is 3.77. The first-order valence-corrected chi connectivity index (χ1v) is 9.86. The highest BCUT2D eigenvalue weighted by Gasteiger charge is 2.25. The van der Waals surface area contributed by atoms with Crippen molar-refractivity contribution in [1.29, 1.82) is 0 Å². The lowest BCUT2D eigenvalue weighted by Gasteiger charge is -2.37. The van der Waals surface area contributed by atoms with E-state index in [2.05, 4.69) is 45.0 Å². The van der Waals surface area contributed by atoms with Crippen LogP contribution in [0.5, 0.6) is 0 Å². The van der Waals surface area contributed by atoms with Crippen LogP contribution in [-0.2, 0) is 4.74 Å². The first-order valence-electron chi connectivity index (χ1n) is 9.86. The van der Waals surface area contributed by atoms with Gasteiger partial charge in [-0.05, 0) is 12.1 Å². The van der Waals surface area contributed by atoms with E-state index in [-0.39, 0.29) is 0 Å². The number of para-hydroxylation sites is 1. The monoisotopic (exact) mass is 383 g/mol. The number of benzene rings is 1. The number of ether oxygens (including phenoxy) is 1. The Balaban J connectivity index is 1.56. The average Bonchev–Trinajstić information content (AvgIpc) is 2.75. The van der Waals surface area contributed by atoms with Gasteiger partial charge in [0, 0.05) is 59.1 Å². The van der Waals surface area contributed by atoms with Crippen molar-refractivity contribution >= 4 is 29.0 Å². The van der Waals surface area contributed by atoms with Crippen molar-refractivity contribution in [2.24, 2.45) is 0 Å². The maximum Gasteiger partial charge on any atom is 0.229 e. The van der Waals surface area contributed by atoms with Gasteiger partial charge in [0.05, 0.1) is 13.2 Å². The zero-order valence-corrected chi connectivity index (χ0v) is 16.7. The molecule has 150 valence electrons. The number of hydrogen-bond donors (Lipinski definition) is 1. The highest BCUT2D eigenvalue weighted by molar-refractivity contribution is 5.77. The second-order valence-corrected chi connectivity index (χ2v) is 7.39. The van der Waals surface area contributed by atoms with Crippen LogP contribution >= 0.6 is 0 Å². The fourth-order valence-electron chi connectivity index (χ4n) is 3.74. The van der Waals surface area contributed by atoms with Gasteiger partial charge in [-0.2, -0.15) is 9.97 Å². The van der Waals surface area contributed by atoms with Crippen molar-refractivity contribution < 1.29 is 4.74 Å². The number of hydrogen-bond acceptors (Lipinski definition) is 8. The third-order valence-electron chi connectivity index (χ3n) is 5.31. The molecule has 8 heteroatoms. The molecule has 1 aromatic carbocycles. The maximum atomic E-state index is 6.44. The van der Waals surface area contributed by atoms with Gasteiger partial charge in [-0.1, -0.05) is 18.2 Å². The molecule has 0 amide bonds. The van der Waals surface area contributed by atoms with Gasteiger partial charge in [0.2, 0.25) is 5.95 Å². The Morgan fingerprint density at radius 2 is 1.50 bits per heavy atom. The van der Waals surface area contributed by atoms with Gasteiger partial charge >= 0.3 is 0 Å². The first kappa shape index (κ1) is 18.6. The molecule has 0 atom stereocenters. The van der Waals surface area contributed by atoms with Crippen LogP contribution in [0.2, 0.25) is 0 Å². The molecule has 3 heterocycles. The van der Waals surface area contributed by atoms with Crippen LogP contribution < -0.4 is 25.3 Å². The summed E-state index contributed by atoms with van der Waals surface area (Å²) in [7, 11) is 3.94. The van der Waals surface area contributed by atoms with Crippen molar-refractivity contribution in [3.63, 3.8) is 0 Å². The lowest BCUT2D eigenvalue weighted by atomic mass is 10.2. The van der Waals surface area contributed by atoms with Crippen LogP contribution in [0, 0.1) is 0 Å². The summed E-state index contributed by atoms with van der Waals surface area (Å²) in [6.45, 7) is 6.66. The summed E-state index contributed by atoms with van der Waals surface area (Å²) in [6.07, 6.45) is 0. The summed E-state index contributed by atoms with van der Waals surface area (Å²) in [6, 6.07) is 10.6. The zero-order chi connectivity index (χ0) is 19.5. The molecule has 2 aliphatic heterocycles. The lowest BCUT2D eigenvalue weighted by Crippen LogP contribution is -2.47. The predicted octanol–water partition coefficient (Wildman–Crippen LogP) is 1.29. The minimum Gasteiger partial charge on any atom is -0.393 e. The molecule has 1 aromatic heterocycles. The summed E-state index contributed by atoms with van der Waals surface area (Å²) in [5.74, 6) is 2.35. The quantitative estimate of drug-likeness (QED) is 0.847. The lowest BCUT2D eigenvalue weighted by molar-refractivity contribution is 0.122. The summed E-state index contributed by atoms with van der Waals surface area (Å²) in [4.78, 5) is 18.5. The number of nitrogens with two attached hydrogens (primary N) is 1. The van der Waals surface area contributed by atoms with E-state index in [4.69, 9.17) is 20.4 Å². The molecule has 2 N–H and O–H groups in total. The van der Waals surface area contributed by atoms with Crippen molar-refractivity contribution in [2.75, 3.05) is 91.9 Å². The minimum atomic E-state index is 0.638. The Morgan fingerprint density at radius 3 is 2.14 bits per heavy atom. The van der Waals surface area contributed by atoms with Crippen LogP contribution in [0.1, 0.15) is 0 Å². The number of nitrogens with zero attached hydrogens (tertiary/aromatic N) is 6. The second kappa shape index (κ2) is 8.10. The van der Waals surface area contributed by atoms with E-state index in [1.807, 2.05) is 19.0 Å². The molecule has 28 heavy (non-hydrogen) atoms. The molecule has 0 radical (unpaired) electrons. The van der Waals surface area contributed by atoms with E-state index in [1.165, 1.54) is 5.69 Å². The van der Waals surface area contributed by atoms with E-state index >= 15 is 0 Å². The zero-order valence-electron chi connectivity index (χ0n) is 16.7. The van der Waals surface area contributed by atoms with Gasteiger partial charge in [-0.3, -0.25) is 0 Å². The van der Waals surface area contributed by atoms with Gasteiger partial charge in [-0.25, -0.2) is 0 Å². The van der Waals surface area contributed by atoms with E-state index in [1.54, 1.807) is 0 Å². The Labute approximate surface area is 166 Å². The van der Waals surface area contributed by atoms with Crippen molar-refractivity contribution in [3.8, 4) is 0 Å². The number of rotatable bonds is 4. The molecule has 0 saturated carbocycles.